The molecule has 0 radical (unpaired) electrons. The van der Waals surface area contributed by atoms with E-state index in [1.165, 1.54) is 12.3 Å². The van der Waals surface area contributed by atoms with Crippen molar-refractivity contribution in [2.45, 2.75) is 6.61 Å². The third-order valence-electron chi connectivity index (χ3n) is 1.04. The molecule has 0 bridgehead atoms. The quantitative estimate of drug-likeness (QED) is 0.732. The van der Waals surface area contributed by atoms with E-state index in [1.807, 2.05) is 0 Å². The molecule has 6 heteroatoms. The smallest absolute Gasteiger partial charge is 0.387 e. The number of hydrogen-bond acceptors (Lipinski definition) is 3. The number of hydrogen-bond donors (Lipinski definition) is 1. The molecule has 0 unspecified atom stereocenters. The van der Waals surface area contributed by atoms with Crippen LogP contribution in [0.1, 0.15) is 0 Å². The Balaban J connectivity index is 2.90. The highest BCUT2D eigenvalue weighted by Gasteiger charge is 2.09. The summed E-state index contributed by atoms with van der Waals surface area (Å²) >= 11 is 5.42. The summed E-state index contributed by atoms with van der Waals surface area (Å²) in [5, 5.41) is -0.135. The highest BCUT2D eigenvalue weighted by atomic mass is 35.5. The fourth-order valence-corrected chi connectivity index (χ4v) is 0.770. The molecular weight excluding hydrogens is 190 g/mol. The molecule has 0 spiro atoms. The van der Waals surface area contributed by atoms with E-state index < -0.39 is 6.61 Å². The molecule has 2 N–H and O–H groups in total. The summed E-state index contributed by atoms with van der Waals surface area (Å²) in [6.45, 7) is -2.92. The van der Waals surface area contributed by atoms with Crippen LogP contribution in [-0.2, 0) is 0 Å². The maximum absolute atomic E-state index is 11.7. The fourth-order valence-electron chi connectivity index (χ4n) is 0.622. The molecule has 66 valence electrons. The predicted molar refractivity (Wildman–Crippen MR) is 40.3 cm³/mol. The monoisotopic (exact) mass is 194 g/mol. The SMILES string of the molecule is Nc1cnc(Cl)c(OC(F)F)c1. The first-order valence-corrected chi connectivity index (χ1v) is 3.33. The normalized spacial score (nSPS) is 10.3. The summed E-state index contributed by atoms with van der Waals surface area (Å²) < 4.78 is 27.4. The summed E-state index contributed by atoms with van der Waals surface area (Å²) in [5.41, 5.74) is 5.47. The minimum absolute atomic E-state index is 0.135. The van der Waals surface area contributed by atoms with Crippen molar-refractivity contribution in [3.63, 3.8) is 0 Å². The molecular formula is C6H5ClF2N2O. The van der Waals surface area contributed by atoms with Gasteiger partial charge >= 0.3 is 6.61 Å². The van der Waals surface area contributed by atoms with Crippen LogP contribution in [0.3, 0.4) is 0 Å². The molecule has 0 fully saturated rings. The molecule has 12 heavy (non-hydrogen) atoms. The molecule has 0 aliphatic rings. The van der Waals surface area contributed by atoms with E-state index in [-0.39, 0.29) is 16.6 Å². The third kappa shape index (κ3) is 2.20. The summed E-state index contributed by atoms with van der Waals surface area (Å²) in [5.74, 6) is -0.216. The standard InChI is InChI=1S/C6H5ClF2N2O/c7-5-4(12-6(8)9)1-3(10)2-11-5/h1-2,6H,10H2. The van der Waals surface area contributed by atoms with E-state index in [1.54, 1.807) is 0 Å². The van der Waals surface area contributed by atoms with Crippen LogP contribution in [0.15, 0.2) is 12.3 Å². The van der Waals surface area contributed by atoms with Gasteiger partial charge in [0, 0.05) is 6.07 Å². The molecule has 1 aromatic rings. The fraction of sp³-hybridized carbons (Fsp3) is 0.167. The van der Waals surface area contributed by atoms with Crippen molar-refractivity contribution in [2.24, 2.45) is 0 Å². The Labute approximate surface area is 72.1 Å². The number of ether oxygens (including phenoxy) is 1. The lowest BCUT2D eigenvalue weighted by Crippen LogP contribution is -2.03. The van der Waals surface area contributed by atoms with Crippen LogP contribution in [0.2, 0.25) is 5.15 Å². The van der Waals surface area contributed by atoms with Crippen LogP contribution in [0.5, 0.6) is 5.75 Å². The summed E-state index contributed by atoms with van der Waals surface area (Å²) in [7, 11) is 0. The van der Waals surface area contributed by atoms with Gasteiger partial charge in [-0.05, 0) is 0 Å². The Morgan fingerprint density at radius 3 is 2.83 bits per heavy atom. The Bertz CT molecular complexity index is 282. The first-order valence-electron chi connectivity index (χ1n) is 2.95. The second-order valence-corrected chi connectivity index (χ2v) is 2.29. The number of rotatable bonds is 2. The number of nitrogens with zero attached hydrogens (tertiary/aromatic N) is 1. The summed E-state index contributed by atoms with van der Waals surface area (Å²) in [6.07, 6.45) is 1.25. The molecule has 0 aromatic carbocycles. The third-order valence-corrected chi connectivity index (χ3v) is 1.33. The molecule has 1 aromatic heterocycles. The average Bonchev–Trinajstić information content (AvgIpc) is 1.96. The lowest BCUT2D eigenvalue weighted by molar-refractivity contribution is -0.0499. The minimum Gasteiger partial charge on any atom is -0.431 e. The zero-order chi connectivity index (χ0) is 9.14. The Hall–Kier alpha value is -1.10. The van der Waals surface area contributed by atoms with Crippen molar-refractivity contribution >= 4 is 17.3 Å². The van der Waals surface area contributed by atoms with Crippen LogP contribution < -0.4 is 10.5 Å². The number of halogens is 3. The van der Waals surface area contributed by atoms with Crippen LogP contribution in [0.4, 0.5) is 14.5 Å². The van der Waals surface area contributed by atoms with Gasteiger partial charge in [-0.3, -0.25) is 0 Å². The molecule has 1 rings (SSSR count). The lowest BCUT2D eigenvalue weighted by atomic mass is 10.4. The van der Waals surface area contributed by atoms with Crippen molar-refractivity contribution in [3.05, 3.63) is 17.4 Å². The molecule has 0 saturated carbocycles. The summed E-state index contributed by atoms with van der Waals surface area (Å²) in [6, 6.07) is 1.18. The van der Waals surface area contributed by atoms with Crippen molar-refractivity contribution in [3.8, 4) is 5.75 Å². The summed E-state index contributed by atoms with van der Waals surface area (Å²) in [4.78, 5) is 3.51. The molecule has 0 aliphatic heterocycles. The molecule has 0 amide bonds. The van der Waals surface area contributed by atoms with E-state index in [0.29, 0.717) is 0 Å². The highest BCUT2D eigenvalue weighted by molar-refractivity contribution is 6.30. The van der Waals surface area contributed by atoms with Gasteiger partial charge in [-0.2, -0.15) is 8.78 Å². The van der Waals surface area contributed by atoms with E-state index in [4.69, 9.17) is 17.3 Å². The van der Waals surface area contributed by atoms with Gasteiger partial charge in [-0.1, -0.05) is 11.6 Å². The van der Waals surface area contributed by atoms with Crippen LogP contribution in [0, 0.1) is 0 Å². The van der Waals surface area contributed by atoms with Gasteiger partial charge in [-0.25, -0.2) is 4.98 Å². The number of anilines is 1. The Morgan fingerprint density at radius 2 is 2.25 bits per heavy atom. The zero-order valence-corrected chi connectivity index (χ0v) is 6.55. The Kier molecular flexibility index (Phi) is 2.65. The van der Waals surface area contributed by atoms with Gasteiger partial charge in [0.1, 0.15) is 0 Å². The van der Waals surface area contributed by atoms with Gasteiger partial charge in [0.05, 0.1) is 11.9 Å². The van der Waals surface area contributed by atoms with Crippen LogP contribution in [-0.4, -0.2) is 11.6 Å². The number of aromatic nitrogens is 1. The molecule has 3 nitrogen and oxygen atoms in total. The van der Waals surface area contributed by atoms with Gasteiger partial charge in [0.15, 0.2) is 10.9 Å². The van der Waals surface area contributed by atoms with Crippen molar-refractivity contribution in [2.75, 3.05) is 5.73 Å². The predicted octanol–water partition coefficient (Wildman–Crippen LogP) is 1.92. The van der Waals surface area contributed by atoms with Gasteiger partial charge < -0.3 is 10.5 Å². The largest absolute Gasteiger partial charge is 0.431 e. The van der Waals surface area contributed by atoms with Gasteiger partial charge in [0.25, 0.3) is 0 Å². The lowest BCUT2D eigenvalue weighted by Gasteiger charge is -2.05. The maximum atomic E-state index is 11.7. The van der Waals surface area contributed by atoms with Crippen molar-refractivity contribution in [1.82, 2.24) is 4.98 Å². The van der Waals surface area contributed by atoms with Crippen molar-refractivity contribution in [1.29, 1.82) is 0 Å². The first kappa shape index (κ1) is 8.99. The second-order valence-electron chi connectivity index (χ2n) is 1.94. The maximum Gasteiger partial charge on any atom is 0.387 e. The first-order chi connectivity index (χ1) is 5.59. The molecule has 0 aliphatic carbocycles. The molecule has 0 saturated heterocycles. The van der Waals surface area contributed by atoms with E-state index in [2.05, 4.69) is 9.72 Å². The number of alkyl halides is 2. The van der Waals surface area contributed by atoms with Crippen LogP contribution >= 0.6 is 11.6 Å². The topological polar surface area (TPSA) is 48.1 Å². The van der Waals surface area contributed by atoms with E-state index in [0.717, 1.165) is 0 Å². The van der Waals surface area contributed by atoms with Gasteiger partial charge in [-0.15, -0.1) is 0 Å². The average molecular weight is 195 g/mol. The van der Waals surface area contributed by atoms with E-state index in [9.17, 15) is 8.78 Å². The minimum atomic E-state index is -2.92. The van der Waals surface area contributed by atoms with E-state index >= 15 is 0 Å². The number of pyridine rings is 1. The zero-order valence-electron chi connectivity index (χ0n) is 5.80. The molecule has 0 atom stereocenters. The van der Waals surface area contributed by atoms with Crippen molar-refractivity contribution < 1.29 is 13.5 Å². The second kappa shape index (κ2) is 3.53. The highest BCUT2D eigenvalue weighted by Crippen LogP contribution is 2.25. The van der Waals surface area contributed by atoms with Crippen LogP contribution in [0.25, 0.3) is 0 Å². The Morgan fingerprint density at radius 1 is 1.58 bits per heavy atom. The van der Waals surface area contributed by atoms with Gasteiger partial charge in [0.2, 0.25) is 0 Å². The number of nitrogens with two attached hydrogens (primary N) is 1. The molecule has 1 heterocycles. The number of nitrogen functional groups attached to an aromatic ring is 1.